The summed E-state index contributed by atoms with van der Waals surface area (Å²) >= 11 is 3.84. The maximum absolute atomic E-state index is 4.80. The van der Waals surface area contributed by atoms with Crippen molar-refractivity contribution >= 4 is 65.1 Å². The minimum atomic E-state index is 0.362. The van der Waals surface area contributed by atoms with E-state index in [1.54, 1.807) is 0 Å². The zero-order chi connectivity index (χ0) is 29.5. The Hall–Kier alpha value is -4.90. The standard InChI is InChI=1S/C41H26N2S2/c1-2-10-29-28(9-1)31-12-4-7-15-38(31)45-41-22-37-34(21-35(29)41)30-11-3-6-14-36(30)43(37)27-19-26(23-42-24-27)25-17-18-33-32-13-5-8-16-39(32)44-40(33)20-25/h1-24,31,38H. The second kappa shape index (κ2) is 9.80. The molecule has 8 aromatic rings. The van der Waals surface area contributed by atoms with Crippen LogP contribution in [0.25, 0.3) is 69.9 Å². The van der Waals surface area contributed by atoms with E-state index in [2.05, 4.69) is 138 Å². The summed E-state index contributed by atoms with van der Waals surface area (Å²) in [5, 5.41) is 5.54. The van der Waals surface area contributed by atoms with Crippen molar-refractivity contribution in [3.05, 3.63) is 151 Å². The molecule has 0 N–H and O–H groups in total. The lowest BCUT2D eigenvalue weighted by atomic mass is 9.86. The molecule has 0 spiro atoms. The van der Waals surface area contributed by atoms with Gasteiger partial charge in [0, 0.05) is 58.8 Å². The molecular weight excluding hydrogens is 585 g/mol. The molecule has 0 radical (unpaired) electrons. The van der Waals surface area contributed by atoms with Gasteiger partial charge < -0.3 is 4.57 Å². The molecule has 2 atom stereocenters. The molecule has 1 aliphatic heterocycles. The molecule has 0 saturated carbocycles. The third-order valence-electron chi connectivity index (χ3n) is 9.43. The van der Waals surface area contributed by atoms with Crippen molar-refractivity contribution in [2.75, 3.05) is 0 Å². The zero-order valence-corrected chi connectivity index (χ0v) is 25.9. The predicted octanol–water partition coefficient (Wildman–Crippen LogP) is 11.6. The predicted molar refractivity (Wildman–Crippen MR) is 193 cm³/mol. The summed E-state index contributed by atoms with van der Waals surface area (Å²) in [5.74, 6) is 0.362. The number of aromatic nitrogens is 2. The lowest BCUT2D eigenvalue weighted by Crippen LogP contribution is -2.12. The highest BCUT2D eigenvalue weighted by molar-refractivity contribution is 8.00. The Morgan fingerprint density at radius 3 is 2.38 bits per heavy atom. The number of fused-ring (bicyclic) bond motifs is 11. The fourth-order valence-electron chi connectivity index (χ4n) is 7.36. The lowest BCUT2D eigenvalue weighted by Gasteiger charge is -2.22. The van der Waals surface area contributed by atoms with E-state index < -0.39 is 0 Å². The molecule has 2 nitrogen and oxygen atoms in total. The van der Waals surface area contributed by atoms with E-state index in [9.17, 15) is 0 Å². The molecule has 2 aliphatic rings. The maximum Gasteiger partial charge on any atom is 0.0651 e. The molecule has 0 fully saturated rings. The number of pyridine rings is 1. The van der Waals surface area contributed by atoms with Crippen LogP contribution in [0.15, 0.2) is 151 Å². The van der Waals surface area contributed by atoms with E-state index >= 15 is 0 Å². The first-order valence-electron chi connectivity index (χ1n) is 15.4. The fourth-order valence-corrected chi connectivity index (χ4v) is 9.82. The van der Waals surface area contributed by atoms with Gasteiger partial charge in [-0.3, -0.25) is 4.98 Å². The van der Waals surface area contributed by atoms with Crippen LogP contribution in [0.2, 0.25) is 0 Å². The summed E-state index contributed by atoms with van der Waals surface area (Å²) in [4.78, 5) is 6.13. The molecule has 1 aliphatic carbocycles. The molecule has 10 rings (SSSR count). The largest absolute Gasteiger partial charge is 0.308 e. The van der Waals surface area contributed by atoms with Gasteiger partial charge in [-0.1, -0.05) is 97.1 Å². The monoisotopic (exact) mass is 610 g/mol. The van der Waals surface area contributed by atoms with Gasteiger partial charge >= 0.3 is 0 Å². The number of thioether (sulfide) groups is 1. The van der Waals surface area contributed by atoms with Gasteiger partial charge in [-0.25, -0.2) is 0 Å². The zero-order valence-electron chi connectivity index (χ0n) is 24.2. The quantitative estimate of drug-likeness (QED) is 0.194. The van der Waals surface area contributed by atoms with Gasteiger partial charge in [0.05, 0.1) is 22.9 Å². The van der Waals surface area contributed by atoms with Gasteiger partial charge in [0.1, 0.15) is 0 Å². The number of nitrogens with zero attached hydrogens (tertiary/aromatic N) is 2. The van der Waals surface area contributed by atoms with Crippen LogP contribution in [0.3, 0.4) is 0 Å². The molecule has 5 aromatic carbocycles. The van der Waals surface area contributed by atoms with Crippen molar-refractivity contribution in [3.8, 4) is 27.9 Å². The fraction of sp³-hybridized carbons (Fsp3) is 0.0488. The Balaban J connectivity index is 1.18. The van der Waals surface area contributed by atoms with Gasteiger partial charge in [0.25, 0.3) is 0 Å². The summed E-state index contributed by atoms with van der Waals surface area (Å²) in [7, 11) is 0. The van der Waals surface area contributed by atoms with Crippen LogP contribution in [0.4, 0.5) is 0 Å². The van der Waals surface area contributed by atoms with Gasteiger partial charge in [0.15, 0.2) is 0 Å². The summed E-state index contributed by atoms with van der Waals surface area (Å²) in [6.07, 6.45) is 13.1. The highest BCUT2D eigenvalue weighted by atomic mass is 32.2. The first-order chi connectivity index (χ1) is 22.3. The first-order valence-corrected chi connectivity index (χ1v) is 17.0. The number of benzene rings is 5. The van der Waals surface area contributed by atoms with Crippen LogP contribution in [0.1, 0.15) is 11.5 Å². The first kappa shape index (κ1) is 25.4. The van der Waals surface area contributed by atoms with E-state index in [0.29, 0.717) is 11.2 Å². The Kier molecular flexibility index (Phi) is 5.54. The number of allylic oxidation sites excluding steroid dienone is 3. The Morgan fingerprint density at radius 1 is 0.578 bits per heavy atom. The molecule has 212 valence electrons. The van der Waals surface area contributed by atoms with Crippen molar-refractivity contribution in [1.82, 2.24) is 9.55 Å². The summed E-state index contributed by atoms with van der Waals surface area (Å²) < 4.78 is 5.04. The Morgan fingerprint density at radius 2 is 1.40 bits per heavy atom. The molecule has 4 heterocycles. The summed E-state index contributed by atoms with van der Waals surface area (Å²) in [6.45, 7) is 0. The van der Waals surface area contributed by atoms with Gasteiger partial charge in [-0.15, -0.1) is 23.1 Å². The van der Waals surface area contributed by atoms with E-state index in [0.717, 1.165) is 11.3 Å². The molecule has 45 heavy (non-hydrogen) atoms. The minimum Gasteiger partial charge on any atom is -0.308 e. The van der Waals surface area contributed by atoms with Gasteiger partial charge in [-0.05, 0) is 58.7 Å². The van der Waals surface area contributed by atoms with Gasteiger partial charge in [-0.2, -0.15) is 0 Å². The van der Waals surface area contributed by atoms with Crippen molar-refractivity contribution in [3.63, 3.8) is 0 Å². The maximum atomic E-state index is 4.80. The molecular formula is C41H26N2S2. The van der Waals surface area contributed by atoms with E-state index in [1.165, 1.54) is 69.1 Å². The van der Waals surface area contributed by atoms with E-state index in [4.69, 9.17) is 4.98 Å². The Labute approximate surface area is 269 Å². The number of thiophene rings is 1. The van der Waals surface area contributed by atoms with Crippen LogP contribution in [0.5, 0.6) is 0 Å². The number of hydrogen-bond acceptors (Lipinski definition) is 3. The third kappa shape index (κ3) is 3.86. The van der Waals surface area contributed by atoms with Crippen LogP contribution in [-0.2, 0) is 0 Å². The molecule has 2 unspecified atom stereocenters. The SMILES string of the molecule is C1=CC2Sc3cc4c(cc3-c3ccccc3C2C=C1)c1ccccc1n4-c1cncc(-c2ccc3c(c2)sc2ccccc23)c1. The van der Waals surface area contributed by atoms with E-state index in [1.807, 2.05) is 35.5 Å². The number of rotatable bonds is 2. The average Bonchev–Trinajstić information content (AvgIpc) is 3.58. The van der Waals surface area contributed by atoms with E-state index in [-0.39, 0.29) is 0 Å². The Bertz CT molecular complexity index is 2550. The smallest absolute Gasteiger partial charge is 0.0651 e. The highest BCUT2D eigenvalue weighted by Crippen LogP contribution is 2.50. The second-order valence-corrected chi connectivity index (χ2v) is 14.2. The molecule has 4 heteroatoms. The molecule has 0 saturated heterocycles. The van der Waals surface area contributed by atoms with Crippen LogP contribution >= 0.6 is 23.1 Å². The summed E-state index contributed by atoms with van der Waals surface area (Å²) in [5.41, 5.74) is 9.87. The second-order valence-electron chi connectivity index (χ2n) is 11.9. The molecule has 0 amide bonds. The lowest BCUT2D eigenvalue weighted by molar-refractivity contribution is 0.877. The number of para-hydroxylation sites is 1. The average molecular weight is 611 g/mol. The van der Waals surface area contributed by atoms with Crippen molar-refractivity contribution in [2.45, 2.75) is 16.1 Å². The minimum absolute atomic E-state index is 0.362. The summed E-state index contributed by atoms with van der Waals surface area (Å²) in [6, 6.07) is 40.4. The highest BCUT2D eigenvalue weighted by Gasteiger charge is 2.30. The van der Waals surface area contributed by atoms with Crippen LogP contribution < -0.4 is 0 Å². The number of hydrogen-bond donors (Lipinski definition) is 0. The topological polar surface area (TPSA) is 17.8 Å². The normalized spacial score (nSPS) is 17.1. The van der Waals surface area contributed by atoms with Crippen molar-refractivity contribution in [2.24, 2.45) is 0 Å². The van der Waals surface area contributed by atoms with Crippen molar-refractivity contribution < 1.29 is 0 Å². The van der Waals surface area contributed by atoms with Crippen LogP contribution in [0, 0.1) is 0 Å². The van der Waals surface area contributed by atoms with Crippen LogP contribution in [-0.4, -0.2) is 14.8 Å². The third-order valence-corrected chi connectivity index (χ3v) is 11.9. The van der Waals surface area contributed by atoms with Gasteiger partial charge in [0.2, 0.25) is 0 Å². The van der Waals surface area contributed by atoms with Crippen molar-refractivity contribution in [1.29, 1.82) is 0 Å². The molecule has 3 aromatic heterocycles. The molecule has 0 bridgehead atoms.